The number of rotatable bonds is 3. The van der Waals surface area contributed by atoms with Crippen molar-refractivity contribution < 1.29 is 9.59 Å². The van der Waals surface area contributed by atoms with Gasteiger partial charge in [-0.15, -0.1) is 0 Å². The highest BCUT2D eigenvalue weighted by Gasteiger charge is 2.37. The quantitative estimate of drug-likeness (QED) is 0.523. The van der Waals surface area contributed by atoms with Gasteiger partial charge in [0, 0.05) is 29.8 Å². The van der Waals surface area contributed by atoms with Crippen molar-refractivity contribution in [1.82, 2.24) is 14.3 Å². The van der Waals surface area contributed by atoms with Gasteiger partial charge in [-0.2, -0.15) is 0 Å². The maximum atomic E-state index is 13.5. The number of hydrogen-bond acceptors (Lipinski definition) is 3. The molecule has 1 unspecified atom stereocenters. The molecule has 1 saturated carbocycles. The molecule has 6 heteroatoms. The van der Waals surface area contributed by atoms with Crippen LogP contribution in [0.3, 0.4) is 0 Å². The molecule has 1 atom stereocenters. The normalized spacial score (nSPS) is 19.0. The lowest BCUT2D eigenvalue weighted by atomic mass is 9.96. The number of para-hydroxylation sites is 2. The Bertz CT molecular complexity index is 1390. The smallest absolute Gasteiger partial charge is 0.229 e. The van der Waals surface area contributed by atoms with E-state index in [0.29, 0.717) is 6.54 Å². The topological polar surface area (TPSA) is 66.7 Å². The van der Waals surface area contributed by atoms with Crippen LogP contribution in [0.15, 0.2) is 48.5 Å². The van der Waals surface area contributed by atoms with Gasteiger partial charge >= 0.3 is 0 Å². The number of aromatic nitrogens is 2. The number of nitrogens with one attached hydrogen (secondary N) is 1. The van der Waals surface area contributed by atoms with Crippen molar-refractivity contribution in [2.75, 3.05) is 18.4 Å². The number of anilines is 1. The minimum atomic E-state index is -0.186. The predicted molar refractivity (Wildman–Crippen MR) is 126 cm³/mol. The molecule has 0 spiro atoms. The van der Waals surface area contributed by atoms with Gasteiger partial charge in [-0.25, -0.2) is 4.98 Å². The zero-order valence-electron chi connectivity index (χ0n) is 18.2. The first kappa shape index (κ1) is 19.3. The van der Waals surface area contributed by atoms with Crippen LogP contribution in [-0.2, 0) is 9.59 Å². The largest absolute Gasteiger partial charge is 0.342 e. The number of benzene rings is 2. The summed E-state index contributed by atoms with van der Waals surface area (Å²) in [5, 5.41) is 5.29. The van der Waals surface area contributed by atoms with Crippen molar-refractivity contribution in [2.45, 2.75) is 32.6 Å². The number of aryl methyl sites for hydroxylation is 1. The van der Waals surface area contributed by atoms with E-state index in [4.69, 9.17) is 4.98 Å². The average molecular weight is 427 g/mol. The second-order valence-electron chi connectivity index (χ2n) is 9.14. The summed E-state index contributed by atoms with van der Waals surface area (Å²) >= 11 is 0. The fraction of sp³-hybridized carbons (Fsp3) is 0.346. The van der Waals surface area contributed by atoms with Crippen LogP contribution in [-0.4, -0.2) is 39.2 Å². The molecule has 162 valence electrons. The zero-order chi connectivity index (χ0) is 21.8. The molecule has 2 amide bonds. The predicted octanol–water partition coefficient (Wildman–Crippen LogP) is 4.54. The lowest BCUT2D eigenvalue weighted by molar-refractivity contribution is -0.135. The summed E-state index contributed by atoms with van der Waals surface area (Å²) in [7, 11) is 0. The number of hydrogen-bond donors (Lipinski definition) is 1. The first-order valence-corrected chi connectivity index (χ1v) is 11.5. The Labute approximate surface area is 186 Å². The van der Waals surface area contributed by atoms with Crippen molar-refractivity contribution >= 4 is 44.8 Å². The van der Waals surface area contributed by atoms with Crippen molar-refractivity contribution in [3.63, 3.8) is 0 Å². The van der Waals surface area contributed by atoms with Crippen LogP contribution in [0.1, 0.15) is 31.5 Å². The van der Waals surface area contributed by atoms with Gasteiger partial charge in [-0.05, 0) is 44.7 Å². The molecule has 2 aromatic carbocycles. The molecule has 6 nitrogen and oxygen atoms in total. The Hall–Kier alpha value is -3.41. The molecule has 1 saturated heterocycles. The molecule has 1 aliphatic heterocycles. The van der Waals surface area contributed by atoms with E-state index in [1.807, 2.05) is 42.2 Å². The van der Waals surface area contributed by atoms with Crippen molar-refractivity contribution in [3.8, 4) is 0 Å². The van der Waals surface area contributed by atoms with Crippen LogP contribution in [0.25, 0.3) is 27.3 Å². The van der Waals surface area contributed by atoms with E-state index in [1.165, 1.54) is 0 Å². The Kier molecular flexibility index (Phi) is 4.42. The monoisotopic (exact) mass is 426 g/mol. The van der Waals surface area contributed by atoms with E-state index >= 15 is 0 Å². The summed E-state index contributed by atoms with van der Waals surface area (Å²) in [6.07, 6.45) is 3.68. The lowest BCUT2D eigenvalue weighted by Crippen LogP contribution is -2.44. The van der Waals surface area contributed by atoms with E-state index in [2.05, 4.69) is 27.9 Å². The van der Waals surface area contributed by atoms with Crippen LogP contribution in [0.2, 0.25) is 0 Å². The van der Waals surface area contributed by atoms with Gasteiger partial charge in [-0.3, -0.25) is 14.0 Å². The number of likely N-dealkylation sites (tertiary alicyclic amines) is 1. The molecule has 2 fully saturated rings. The lowest BCUT2D eigenvalue weighted by Gasteiger charge is -2.32. The molecular weight excluding hydrogens is 400 g/mol. The van der Waals surface area contributed by atoms with Crippen LogP contribution in [0, 0.1) is 18.8 Å². The standard InChI is InChI=1S/C26H26N4O2/c1-16-27-21-10-4-2-8-19(21)24-23(20-9-3-5-11-22(20)30(16)24)28-25(31)18-7-6-14-29(15-18)26(32)17-12-13-17/h2-5,8-11,17-18H,6-7,12-15H2,1H3,(H,28,31). The van der Waals surface area contributed by atoms with Crippen LogP contribution in [0.4, 0.5) is 5.69 Å². The zero-order valence-corrected chi connectivity index (χ0v) is 18.2. The fourth-order valence-electron chi connectivity index (χ4n) is 5.16. The number of fused-ring (bicyclic) bond motifs is 5. The van der Waals surface area contributed by atoms with Crippen molar-refractivity contribution in [3.05, 3.63) is 54.4 Å². The van der Waals surface area contributed by atoms with Gasteiger partial charge in [-0.1, -0.05) is 36.4 Å². The summed E-state index contributed by atoms with van der Waals surface area (Å²) in [4.78, 5) is 32.7. The number of amides is 2. The summed E-state index contributed by atoms with van der Waals surface area (Å²) in [6.45, 7) is 3.29. The molecule has 6 rings (SSSR count). The maximum absolute atomic E-state index is 13.5. The second-order valence-corrected chi connectivity index (χ2v) is 9.14. The molecule has 3 heterocycles. The summed E-state index contributed by atoms with van der Waals surface area (Å²) in [5.41, 5.74) is 3.75. The molecule has 1 aliphatic carbocycles. The van der Waals surface area contributed by atoms with Crippen LogP contribution < -0.4 is 5.32 Å². The third-order valence-electron chi connectivity index (χ3n) is 6.92. The maximum Gasteiger partial charge on any atom is 0.229 e. The molecular formula is C26H26N4O2. The van der Waals surface area contributed by atoms with Gasteiger partial charge in [0.15, 0.2) is 0 Å². The van der Waals surface area contributed by atoms with E-state index in [-0.39, 0.29) is 23.7 Å². The van der Waals surface area contributed by atoms with E-state index in [1.54, 1.807) is 0 Å². The Morgan fingerprint density at radius 3 is 2.53 bits per heavy atom. The van der Waals surface area contributed by atoms with Gasteiger partial charge in [0.1, 0.15) is 5.82 Å². The van der Waals surface area contributed by atoms with Crippen LogP contribution in [0.5, 0.6) is 0 Å². The van der Waals surface area contributed by atoms with Gasteiger partial charge < -0.3 is 10.2 Å². The van der Waals surface area contributed by atoms with Gasteiger partial charge in [0.05, 0.1) is 28.2 Å². The van der Waals surface area contributed by atoms with E-state index in [9.17, 15) is 9.59 Å². The minimum Gasteiger partial charge on any atom is -0.342 e. The minimum absolute atomic E-state index is 0.00454. The highest BCUT2D eigenvalue weighted by atomic mass is 16.2. The Morgan fingerprint density at radius 2 is 1.72 bits per heavy atom. The number of nitrogens with zero attached hydrogens (tertiary/aromatic N) is 3. The molecule has 0 radical (unpaired) electrons. The third-order valence-corrected chi connectivity index (χ3v) is 6.92. The van der Waals surface area contributed by atoms with E-state index in [0.717, 1.165) is 71.1 Å². The summed E-state index contributed by atoms with van der Waals surface area (Å²) in [5.74, 6) is 1.12. The number of piperidine rings is 1. The molecule has 4 aromatic rings. The first-order chi connectivity index (χ1) is 15.6. The molecule has 2 aromatic heterocycles. The van der Waals surface area contributed by atoms with E-state index < -0.39 is 0 Å². The number of carbonyl (C=O) groups excluding carboxylic acids is 2. The highest BCUT2D eigenvalue weighted by Crippen LogP contribution is 2.37. The van der Waals surface area contributed by atoms with Crippen LogP contribution >= 0.6 is 0 Å². The highest BCUT2D eigenvalue weighted by molar-refractivity contribution is 6.16. The summed E-state index contributed by atoms with van der Waals surface area (Å²) in [6, 6.07) is 16.2. The molecule has 32 heavy (non-hydrogen) atoms. The first-order valence-electron chi connectivity index (χ1n) is 11.5. The Balaban J connectivity index is 1.43. The molecule has 0 bridgehead atoms. The van der Waals surface area contributed by atoms with Crippen molar-refractivity contribution in [1.29, 1.82) is 0 Å². The molecule has 2 aliphatic rings. The number of carbonyl (C=O) groups is 2. The molecule has 1 N–H and O–H groups in total. The average Bonchev–Trinajstić information content (AvgIpc) is 3.62. The SMILES string of the molecule is Cc1nc2ccccc2c2c(NC(=O)C3CCCN(C(=O)C4CC4)C3)c3ccccc3n12. The van der Waals surface area contributed by atoms with Gasteiger partial charge in [0.2, 0.25) is 11.8 Å². The second kappa shape index (κ2) is 7.33. The Morgan fingerprint density at radius 1 is 0.969 bits per heavy atom. The summed E-state index contributed by atoms with van der Waals surface area (Å²) < 4.78 is 2.14. The van der Waals surface area contributed by atoms with Gasteiger partial charge in [0.25, 0.3) is 0 Å². The third kappa shape index (κ3) is 3.05. The van der Waals surface area contributed by atoms with Crippen molar-refractivity contribution in [2.24, 2.45) is 11.8 Å². The fourth-order valence-corrected chi connectivity index (χ4v) is 5.16.